The standard InChI is InChI=1S/C20H28N4O2/c1-6-16(26-15-11-9-10-13(4)12-15)18-17(14(5)22-20(21)23-18)19(25)24(7-2)8-3/h9-12,16H,6-8H2,1-5H3,(H2,21,22,23). The predicted octanol–water partition coefficient (Wildman–Crippen LogP) is 3.69. The molecule has 2 N–H and O–H groups in total. The first-order valence-corrected chi connectivity index (χ1v) is 9.07. The molecule has 1 aromatic heterocycles. The Morgan fingerprint density at radius 1 is 1.19 bits per heavy atom. The minimum absolute atomic E-state index is 0.0891. The van der Waals surface area contributed by atoms with E-state index in [1.54, 1.807) is 11.8 Å². The van der Waals surface area contributed by atoms with Crippen LogP contribution in [-0.2, 0) is 0 Å². The number of ether oxygens (including phenoxy) is 1. The van der Waals surface area contributed by atoms with Gasteiger partial charge in [0.25, 0.3) is 5.91 Å². The molecule has 1 amide bonds. The number of hydrogen-bond donors (Lipinski definition) is 1. The average Bonchev–Trinajstić information content (AvgIpc) is 2.60. The van der Waals surface area contributed by atoms with E-state index in [0.29, 0.717) is 36.5 Å². The Balaban J connectivity index is 2.49. The van der Waals surface area contributed by atoms with Crippen LogP contribution in [0.4, 0.5) is 5.95 Å². The lowest BCUT2D eigenvalue weighted by Gasteiger charge is -2.24. The number of amides is 1. The monoisotopic (exact) mass is 356 g/mol. The largest absolute Gasteiger partial charge is 0.484 e. The fraction of sp³-hybridized carbons (Fsp3) is 0.450. The van der Waals surface area contributed by atoms with Crippen molar-refractivity contribution >= 4 is 11.9 Å². The molecule has 0 saturated heterocycles. The third kappa shape index (κ3) is 4.31. The van der Waals surface area contributed by atoms with Crippen LogP contribution in [0.3, 0.4) is 0 Å². The van der Waals surface area contributed by atoms with Crippen LogP contribution in [0, 0.1) is 13.8 Å². The summed E-state index contributed by atoms with van der Waals surface area (Å²) in [7, 11) is 0. The number of anilines is 1. The number of nitrogens with zero attached hydrogens (tertiary/aromatic N) is 3. The molecule has 0 aliphatic rings. The van der Waals surface area contributed by atoms with E-state index in [0.717, 1.165) is 11.3 Å². The Hall–Kier alpha value is -2.63. The minimum atomic E-state index is -0.379. The summed E-state index contributed by atoms with van der Waals surface area (Å²) in [5.41, 5.74) is 8.60. The first kappa shape index (κ1) is 19.7. The maximum absolute atomic E-state index is 13.0. The van der Waals surface area contributed by atoms with Crippen molar-refractivity contribution < 1.29 is 9.53 Å². The minimum Gasteiger partial charge on any atom is -0.484 e. The van der Waals surface area contributed by atoms with Crippen molar-refractivity contribution in [1.82, 2.24) is 14.9 Å². The molecule has 6 nitrogen and oxygen atoms in total. The van der Waals surface area contributed by atoms with Crippen molar-refractivity contribution in [2.75, 3.05) is 18.8 Å². The van der Waals surface area contributed by atoms with Gasteiger partial charge in [-0.1, -0.05) is 19.1 Å². The normalized spacial score (nSPS) is 11.9. The summed E-state index contributed by atoms with van der Waals surface area (Å²) in [6.45, 7) is 10.9. The van der Waals surface area contributed by atoms with Crippen LogP contribution < -0.4 is 10.5 Å². The van der Waals surface area contributed by atoms with E-state index in [1.165, 1.54) is 0 Å². The molecule has 6 heteroatoms. The Morgan fingerprint density at radius 2 is 1.88 bits per heavy atom. The number of aryl methyl sites for hydroxylation is 2. The first-order chi connectivity index (χ1) is 12.4. The lowest BCUT2D eigenvalue weighted by Crippen LogP contribution is -2.33. The summed E-state index contributed by atoms with van der Waals surface area (Å²) in [5, 5.41) is 0. The van der Waals surface area contributed by atoms with Gasteiger partial charge in [-0.15, -0.1) is 0 Å². The molecular formula is C20H28N4O2. The third-order valence-corrected chi connectivity index (χ3v) is 4.34. The van der Waals surface area contributed by atoms with Crippen molar-refractivity contribution in [3.8, 4) is 5.75 Å². The molecule has 0 aliphatic heterocycles. The summed E-state index contributed by atoms with van der Waals surface area (Å²) >= 11 is 0. The second-order valence-electron chi connectivity index (χ2n) is 6.24. The highest BCUT2D eigenvalue weighted by Gasteiger charge is 2.27. The van der Waals surface area contributed by atoms with E-state index < -0.39 is 0 Å². The number of carbonyl (C=O) groups excluding carboxylic acids is 1. The molecule has 1 heterocycles. The summed E-state index contributed by atoms with van der Waals surface area (Å²) in [5.74, 6) is 0.807. The second kappa shape index (κ2) is 8.65. The van der Waals surface area contributed by atoms with Gasteiger partial charge in [-0.05, 0) is 51.8 Å². The Labute approximate surface area is 155 Å². The zero-order valence-electron chi connectivity index (χ0n) is 16.2. The number of nitrogen functional groups attached to an aromatic ring is 1. The van der Waals surface area contributed by atoms with Gasteiger partial charge in [0.1, 0.15) is 11.9 Å². The van der Waals surface area contributed by atoms with E-state index in [-0.39, 0.29) is 18.0 Å². The molecule has 0 radical (unpaired) electrons. The summed E-state index contributed by atoms with van der Waals surface area (Å²) in [6, 6.07) is 7.82. The van der Waals surface area contributed by atoms with Gasteiger partial charge < -0.3 is 15.4 Å². The molecule has 1 aromatic carbocycles. The van der Waals surface area contributed by atoms with Crippen molar-refractivity contribution in [2.24, 2.45) is 0 Å². The van der Waals surface area contributed by atoms with Crippen molar-refractivity contribution in [1.29, 1.82) is 0 Å². The Morgan fingerprint density at radius 3 is 2.46 bits per heavy atom. The summed E-state index contributed by atoms with van der Waals surface area (Å²) in [6.07, 6.45) is 0.276. The molecule has 1 atom stereocenters. The molecule has 2 rings (SSSR count). The van der Waals surface area contributed by atoms with Crippen LogP contribution in [0.15, 0.2) is 24.3 Å². The van der Waals surface area contributed by atoms with Gasteiger partial charge in [0.15, 0.2) is 0 Å². The highest BCUT2D eigenvalue weighted by atomic mass is 16.5. The summed E-state index contributed by atoms with van der Waals surface area (Å²) < 4.78 is 6.16. The van der Waals surface area contributed by atoms with Crippen molar-refractivity contribution in [3.63, 3.8) is 0 Å². The average molecular weight is 356 g/mol. The zero-order chi connectivity index (χ0) is 19.3. The molecular weight excluding hydrogens is 328 g/mol. The molecule has 2 aromatic rings. The number of nitrogens with two attached hydrogens (primary N) is 1. The van der Waals surface area contributed by atoms with Crippen LogP contribution in [0.2, 0.25) is 0 Å². The van der Waals surface area contributed by atoms with Gasteiger partial charge in [-0.3, -0.25) is 4.79 Å². The molecule has 0 aliphatic carbocycles. The van der Waals surface area contributed by atoms with Crippen LogP contribution in [0.25, 0.3) is 0 Å². The number of hydrogen-bond acceptors (Lipinski definition) is 5. The number of benzene rings is 1. The van der Waals surface area contributed by atoms with Gasteiger partial charge >= 0.3 is 0 Å². The summed E-state index contributed by atoms with van der Waals surface area (Å²) in [4.78, 5) is 23.4. The third-order valence-electron chi connectivity index (χ3n) is 4.34. The van der Waals surface area contributed by atoms with Crippen molar-refractivity contribution in [2.45, 2.75) is 47.1 Å². The number of carbonyl (C=O) groups is 1. The van der Waals surface area contributed by atoms with E-state index in [2.05, 4.69) is 9.97 Å². The molecule has 0 fully saturated rings. The maximum Gasteiger partial charge on any atom is 0.257 e. The van der Waals surface area contributed by atoms with E-state index in [4.69, 9.17) is 10.5 Å². The lowest BCUT2D eigenvalue weighted by atomic mass is 10.0. The quantitative estimate of drug-likeness (QED) is 0.818. The lowest BCUT2D eigenvalue weighted by molar-refractivity contribution is 0.0764. The van der Waals surface area contributed by atoms with Crippen LogP contribution in [-0.4, -0.2) is 33.9 Å². The Bertz CT molecular complexity index is 772. The smallest absolute Gasteiger partial charge is 0.257 e. The zero-order valence-corrected chi connectivity index (χ0v) is 16.2. The fourth-order valence-corrected chi connectivity index (χ4v) is 2.97. The molecule has 0 spiro atoms. The van der Waals surface area contributed by atoms with E-state index >= 15 is 0 Å². The fourth-order valence-electron chi connectivity index (χ4n) is 2.97. The second-order valence-corrected chi connectivity index (χ2v) is 6.24. The van der Waals surface area contributed by atoms with Gasteiger partial charge in [0.05, 0.1) is 17.0 Å². The molecule has 0 saturated carbocycles. The van der Waals surface area contributed by atoms with Crippen molar-refractivity contribution in [3.05, 3.63) is 46.8 Å². The molecule has 1 unspecified atom stereocenters. The Kier molecular flexibility index (Phi) is 6.55. The van der Waals surface area contributed by atoms with Crippen LogP contribution in [0.1, 0.15) is 60.6 Å². The van der Waals surface area contributed by atoms with Gasteiger partial charge in [-0.25, -0.2) is 9.97 Å². The van der Waals surface area contributed by atoms with E-state index in [1.807, 2.05) is 52.0 Å². The topological polar surface area (TPSA) is 81.3 Å². The SMILES string of the molecule is CCC(Oc1cccc(C)c1)c1nc(N)nc(C)c1C(=O)N(CC)CC. The van der Waals surface area contributed by atoms with Gasteiger partial charge in [0.2, 0.25) is 5.95 Å². The first-order valence-electron chi connectivity index (χ1n) is 9.07. The molecule has 26 heavy (non-hydrogen) atoms. The number of rotatable bonds is 7. The molecule has 140 valence electrons. The van der Waals surface area contributed by atoms with Gasteiger partial charge in [-0.2, -0.15) is 0 Å². The highest BCUT2D eigenvalue weighted by molar-refractivity contribution is 5.96. The van der Waals surface area contributed by atoms with E-state index in [9.17, 15) is 4.79 Å². The molecule has 0 bridgehead atoms. The number of aromatic nitrogens is 2. The van der Waals surface area contributed by atoms with Crippen LogP contribution >= 0.6 is 0 Å². The predicted molar refractivity (Wildman–Crippen MR) is 103 cm³/mol. The van der Waals surface area contributed by atoms with Gasteiger partial charge in [0, 0.05) is 13.1 Å². The highest BCUT2D eigenvalue weighted by Crippen LogP contribution is 2.28. The van der Waals surface area contributed by atoms with Crippen LogP contribution in [0.5, 0.6) is 5.75 Å². The maximum atomic E-state index is 13.0.